The molecule has 0 radical (unpaired) electrons. The zero-order chi connectivity index (χ0) is 11.9. The Hall–Kier alpha value is -0.860. The highest BCUT2D eigenvalue weighted by Gasteiger charge is 2.20. The molecule has 1 aliphatic heterocycles. The maximum atomic E-state index is 5.68. The number of hydrogen-bond acceptors (Lipinski definition) is 2. The minimum absolute atomic E-state index is 0.470. The Morgan fingerprint density at radius 2 is 2.12 bits per heavy atom. The third kappa shape index (κ3) is 4.14. The Balaban J connectivity index is 1.68. The van der Waals surface area contributed by atoms with E-state index < -0.39 is 0 Å². The van der Waals surface area contributed by atoms with Crippen LogP contribution in [0.3, 0.4) is 0 Å². The van der Waals surface area contributed by atoms with Crippen molar-refractivity contribution >= 4 is 0 Å². The van der Waals surface area contributed by atoms with Crippen molar-refractivity contribution in [3.63, 3.8) is 0 Å². The van der Waals surface area contributed by atoms with Gasteiger partial charge in [0.2, 0.25) is 0 Å². The third-order valence-corrected chi connectivity index (χ3v) is 3.51. The van der Waals surface area contributed by atoms with Gasteiger partial charge in [-0.1, -0.05) is 37.3 Å². The molecule has 1 fully saturated rings. The van der Waals surface area contributed by atoms with Gasteiger partial charge in [0.05, 0.1) is 6.10 Å². The standard InChI is InChI=1S/C15H23NO/c1-2-15-12-14(9-11-17-15)16-10-8-13-6-4-3-5-7-13/h3-7,14-16H,2,8-12H2,1H3. The zero-order valence-corrected chi connectivity index (χ0v) is 10.7. The molecule has 2 nitrogen and oxygen atoms in total. The zero-order valence-electron chi connectivity index (χ0n) is 10.7. The van der Waals surface area contributed by atoms with Gasteiger partial charge in [-0.05, 0) is 37.8 Å². The molecule has 1 aromatic carbocycles. The molecular weight excluding hydrogens is 210 g/mol. The van der Waals surface area contributed by atoms with Crippen LogP contribution in [0, 0.1) is 0 Å². The van der Waals surface area contributed by atoms with Gasteiger partial charge in [0.15, 0.2) is 0 Å². The van der Waals surface area contributed by atoms with Crippen LogP contribution in [-0.4, -0.2) is 25.3 Å². The number of hydrogen-bond donors (Lipinski definition) is 1. The van der Waals surface area contributed by atoms with E-state index in [0.29, 0.717) is 12.1 Å². The van der Waals surface area contributed by atoms with Crippen molar-refractivity contribution < 1.29 is 4.74 Å². The van der Waals surface area contributed by atoms with Crippen molar-refractivity contribution in [3.8, 4) is 0 Å². The first kappa shape index (κ1) is 12.6. The molecule has 1 N–H and O–H groups in total. The van der Waals surface area contributed by atoms with E-state index in [1.165, 1.54) is 12.0 Å². The van der Waals surface area contributed by atoms with E-state index in [4.69, 9.17) is 4.74 Å². The second-order valence-corrected chi connectivity index (χ2v) is 4.81. The predicted octanol–water partition coefficient (Wildman–Crippen LogP) is 2.78. The summed E-state index contributed by atoms with van der Waals surface area (Å²) >= 11 is 0. The summed E-state index contributed by atoms with van der Waals surface area (Å²) in [5, 5.41) is 3.65. The first-order valence-corrected chi connectivity index (χ1v) is 6.77. The Morgan fingerprint density at radius 1 is 1.29 bits per heavy atom. The molecule has 1 aliphatic rings. The summed E-state index contributed by atoms with van der Waals surface area (Å²) in [6, 6.07) is 11.3. The van der Waals surface area contributed by atoms with E-state index in [0.717, 1.165) is 32.4 Å². The molecule has 1 aromatic rings. The number of ether oxygens (including phenoxy) is 1. The van der Waals surface area contributed by atoms with Gasteiger partial charge in [0.1, 0.15) is 0 Å². The Kier molecular flexibility index (Phi) is 5.02. The Labute approximate surface area is 104 Å². The van der Waals surface area contributed by atoms with E-state index in [1.54, 1.807) is 0 Å². The summed E-state index contributed by atoms with van der Waals surface area (Å²) in [4.78, 5) is 0. The van der Waals surface area contributed by atoms with Crippen LogP contribution >= 0.6 is 0 Å². The smallest absolute Gasteiger partial charge is 0.0587 e. The minimum Gasteiger partial charge on any atom is -0.378 e. The van der Waals surface area contributed by atoms with Crippen LogP contribution < -0.4 is 5.32 Å². The van der Waals surface area contributed by atoms with Crippen LogP contribution in [0.4, 0.5) is 0 Å². The Bertz CT molecular complexity index is 312. The molecular formula is C15H23NO. The molecule has 0 spiro atoms. The fourth-order valence-electron chi connectivity index (χ4n) is 2.42. The maximum Gasteiger partial charge on any atom is 0.0587 e. The predicted molar refractivity (Wildman–Crippen MR) is 71.2 cm³/mol. The van der Waals surface area contributed by atoms with Crippen molar-refractivity contribution in [2.24, 2.45) is 0 Å². The molecule has 2 atom stereocenters. The lowest BCUT2D eigenvalue weighted by molar-refractivity contribution is 0.000116. The topological polar surface area (TPSA) is 21.3 Å². The molecule has 0 bridgehead atoms. The molecule has 2 unspecified atom stereocenters. The van der Waals surface area contributed by atoms with Crippen LogP contribution in [-0.2, 0) is 11.2 Å². The van der Waals surface area contributed by atoms with Crippen molar-refractivity contribution in [2.75, 3.05) is 13.2 Å². The van der Waals surface area contributed by atoms with Gasteiger partial charge in [-0.3, -0.25) is 0 Å². The molecule has 2 heteroatoms. The molecule has 0 saturated carbocycles. The van der Waals surface area contributed by atoms with Crippen LogP contribution in [0.1, 0.15) is 31.7 Å². The summed E-state index contributed by atoms with van der Waals surface area (Å²) in [5.74, 6) is 0. The maximum absolute atomic E-state index is 5.68. The van der Waals surface area contributed by atoms with Gasteiger partial charge in [0, 0.05) is 12.6 Å². The fourth-order valence-corrected chi connectivity index (χ4v) is 2.42. The first-order valence-electron chi connectivity index (χ1n) is 6.77. The van der Waals surface area contributed by atoms with E-state index in [-0.39, 0.29) is 0 Å². The summed E-state index contributed by atoms with van der Waals surface area (Å²) in [6.45, 7) is 4.20. The molecule has 17 heavy (non-hydrogen) atoms. The average molecular weight is 233 g/mol. The molecule has 94 valence electrons. The molecule has 1 heterocycles. The fraction of sp³-hybridized carbons (Fsp3) is 0.600. The largest absolute Gasteiger partial charge is 0.378 e. The second-order valence-electron chi connectivity index (χ2n) is 4.81. The van der Waals surface area contributed by atoms with Gasteiger partial charge in [-0.15, -0.1) is 0 Å². The van der Waals surface area contributed by atoms with E-state index >= 15 is 0 Å². The van der Waals surface area contributed by atoms with Gasteiger partial charge < -0.3 is 10.1 Å². The quantitative estimate of drug-likeness (QED) is 0.844. The van der Waals surface area contributed by atoms with Crippen LogP contribution in [0.5, 0.6) is 0 Å². The van der Waals surface area contributed by atoms with Crippen LogP contribution in [0.2, 0.25) is 0 Å². The van der Waals surface area contributed by atoms with Crippen molar-refractivity contribution in [3.05, 3.63) is 35.9 Å². The van der Waals surface area contributed by atoms with E-state index in [1.807, 2.05) is 0 Å². The van der Waals surface area contributed by atoms with Crippen LogP contribution in [0.15, 0.2) is 30.3 Å². The number of nitrogens with one attached hydrogen (secondary N) is 1. The lowest BCUT2D eigenvalue weighted by atomic mass is 10.0. The molecule has 1 saturated heterocycles. The molecule has 0 aromatic heterocycles. The third-order valence-electron chi connectivity index (χ3n) is 3.51. The van der Waals surface area contributed by atoms with Gasteiger partial charge in [-0.2, -0.15) is 0 Å². The highest BCUT2D eigenvalue weighted by Crippen LogP contribution is 2.16. The van der Waals surface area contributed by atoms with Crippen LogP contribution in [0.25, 0.3) is 0 Å². The van der Waals surface area contributed by atoms with E-state index in [9.17, 15) is 0 Å². The lowest BCUT2D eigenvalue weighted by Gasteiger charge is -2.29. The van der Waals surface area contributed by atoms with Crippen molar-refractivity contribution in [1.82, 2.24) is 5.32 Å². The van der Waals surface area contributed by atoms with E-state index in [2.05, 4.69) is 42.6 Å². The Morgan fingerprint density at radius 3 is 2.88 bits per heavy atom. The summed E-state index contributed by atoms with van der Waals surface area (Å²) in [5.41, 5.74) is 1.42. The first-order chi connectivity index (χ1) is 8.38. The minimum atomic E-state index is 0.470. The normalized spacial score (nSPS) is 24.8. The molecule has 0 aliphatic carbocycles. The number of benzene rings is 1. The highest BCUT2D eigenvalue weighted by atomic mass is 16.5. The van der Waals surface area contributed by atoms with Gasteiger partial charge in [-0.25, -0.2) is 0 Å². The summed E-state index contributed by atoms with van der Waals surface area (Å²) < 4.78 is 5.68. The second kappa shape index (κ2) is 6.77. The average Bonchev–Trinajstić information content (AvgIpc) is 2.40. The lowest BCUT2D eigenvalue weighted by Crippen LogP contribution is -2.39. The van der Waals surface area contributed by atoms with Crippen molar-refractivity contribution in [1.29, 1.82) is 0 Å². The SMILES string of the molecule is CCC1CC(NCCc2ccccc2)CCO1. The molecule has 0 amide bonds. The highest BCUT2D eigenvalue weighted by molar-refractivity contribution is 5.14. The van der Waals surface area contributed by atoms with Gasteiger partial charge in [0.25, 0.3) is 0 Å². The molecule has 2 rings (SSSR count). The van der Waals surface area contributed by atoms with Crippen molar-refractivity contribution in [2.45, 2.75) is 44.8 Å². The number of rotatable bonds is 5. The summed E-state index contributed by atoms with van der Waals surface area (Å²) in [7, 11) is 0. The monoisotopic (exact) mass is 233 g/mol. The summed E-state index contributed by atoms with van der Waals surface area (Å²) in [6.07, 6.45) is 5.06. The van der Waals surface area contributed by atoms with Gasteiger partial charge >= 0.3 is 0 Å².